The number of nitrogens with one attached hydrogen (secondary N) is 1. The van der Waals surface area contributed by atoms with Crippen molar-refractivity contribution in [2.45, 2.75) is 32.7 Å². The van der Waals surface area contributed by atoms with Gasteiger partial charge in [0.05, 0.1) is 5.56 Å². The van der Waals surface area contributed by atoms with Crippen LogP contribution in [-0.2, 0) is 6.54 Å². The Morgan fingerprint density at radius 2 is 2.41 bits per heavy atom. The van der Waals surface area contributed by atoms with E-state index in [0.717, 1.165) is 29.8 Å². The van der Waals surface area contributed by atoms with E-state index < -0.39 is 5.97 Å². The fourth-order valence-corrected chi connectivity index (χ4v) is 3.32. The van der Waals surface area contributed by atoms with Crippen LogP contribution in [0.1, 0.15) is 41.4 Å². The molecule has 0 aliphatic heterocycles. The van der Waals surface area contributed by atoms with Gasteiger partial charge in [-0.3, -0.25) is 0 Å². The molecule has 1 aromatic heterocycles. The fraction of sp³-hybridized carbons (Fsp3) is 0.615. The summed E-state index contributed by atoms with van der Waals surface area (Å²) in [6.45, 7) is 4.18. The molecule has 2 rings (SSSR count). The predicted octanol–water partition coefficient (Wildman–Crippen LogP) is 2.97. The second kappa shape index (κ2) is 5.65. The maximum absolute atomic E-state index is 10.7. The van der Waals surface area contributed by atoms with Crippen molar-refractivity contribution in [1.82, 2.24) is 5.32 Å². The third kappa shape index (κ3) is 3.30. The Balaban J connectivity index is 1.76. The van der Waals surface area contributed by atoms with Crippen LogP contribution in [-0.4, -0.2) is 17.6 Å². The molecule has 1 heterocycles. The van der Waals surface area contributed by atoms with Crippen LogP contribution >= 0.6 is 11.3 Å². The zero-order chi connectivity index (χ0) is 12.3. The van der Waals surface area contributed by atoms with Crippen molar-refractivity contribution in [3.63, 3.8) is 0 Å². The SMILES string of the molecule is CC1CCCC1CNCc1cc(C(=O)O)cs1. The number of carboxylic acids is 1. The molecule has 2 N–H and O–H groups in total. The number of carboxylic acid groups (broad SMARTS) is 1. The number of aromatic carboxylic acids is 1. The predicted molar refractivity (Wildman–Crippen MR) is 69.5 cm³/mol. The number of hydrogen-bond donors (Lipinski definition) is 2. The zero-order valence-electron chi connectivity index (χ0n) is 10.1. The lowest BCUT2D eigenvalue weighted by Crippen LogP contribution is -2.23. The van der Waals surface area contributed by atoms with Crippen molar-refractivity contribution in [2.75, 3.05) is 6.54 Å². The molecule has 0 aromatic carbocycles. The van der Waals surface area contributed by atoms with E-state index in [-0.39, 0.29) is 0 Å². The molecule has 0 spiro atoms. The lowest BCUT2D eigenvalue weighted by molar-refractivity contribution is 0.0697. The van der Waals surface area contributed by atoms with E-state index in [1.54, 1.807) is 11.4 Å². The summed E-state index contributed by atoms with van der Waals surface area (Å²) in [7, 11) is 0. The molecule has 2 unspecified atom stereocenters. The van der Waals surface area contributed by atoms with Gasteiger partial charge in [-0.1, -0.05) is 19.8 Å². The van der Waals surface area contributed by atoms with Gasteiger partial charge in [-0.05, 0) is 30.9 Å². The summed E-state index contributed by atoms with van der Waals surface area (Å²) in [4.78, 5) is 11.8. The lowest BCUT2D eigenvalue weighted by atomic mass is 9.98. The van der Waals surface area contributed by atoms with Gasteiger partial charge in [0.25, 0.3) is 0 Å². The van der Waals surface area contributed by atoms with Gasteiger partial charge in [0.15, 0.2) is 0 Å². The largest absolute Gasteiger partial charge is 0.478 e. The third-order valence-electron chi connectivity index (χ3n) is 3.65. The first-order chi connectivity index (χ1) is 8.16. The number of rotatable bonds is 5. The minimum Gasteiger partial charge on any atom is -0.478 e. The van der Waals surface area contributed by atoms with E-state index in [0.29, 0.717) is 5.56 Å². The monoisotopic (exact) mass is 253 g/mol. The summed E-state index contributed by atoms with van der Waals surface area (Å²) in [6.07, 6.45) is 4.04. The highest BCUT2D eigenvalue weighted by Gasteiger charge is 2.22. The molecular weight excluding hydrogens is 234 g/mol. The minimum atomic E-state index is -0.836. The summed E-state index contributed by atoms with van der Waals surface area (Å²) >= 11 is 1.52. The Morgan fingerprint density at radius 1 is 1.59 bits per heavy atom. The molecule has 94 valence electrons. The van der Waals surface area contributed by atoms with Crippen LogP contribution in [0.5, 0.6) is 0 Å². The summed E-state index contributed by atoms with van der Waals surface area (Å²) in [5.74, 6) is 0.797. The highest BCUT2D eigenvalue weighted by atomic mass is 32.1. The van der Waals surface area contributed by atoms with E-state index >= 15 is 0 Å². The van der Waals surface area contributed by atoms with Crippen molar-refractivity contribution >= 4 is 17.3 Å². The molecule has 0 saturated heterocycles. The molecule has 1 saturated carbocycles. The van der Waals surface area contributed by atoms with Crippen LogP contribution in [0.25, 0.3) is 0 Å². The molecule has 3 nitrogen and oxygen atoms in total. The maximum atomic E-state index is 10.7. The van der Waals surface area contributed by atoms with Gasteiger partial charge in [-0.25, -0.2) is 4.79 Å². The average Bonchev–Trinajstić information content (AvgIpc) is 2.89. The van der Waals surface area contributed by atoms with Gasteiger partial charge in [0.1, 0.15) is 0 Å². The number of hydrogen-bond acceptors (Lipinski definition) is 3. The molecule has 1 aliphatic carbocycles. The minimum absolute atomic E-state index is 0.404. The Hall–Kier alpha value is -0.870. The van der Waals surface area contributed by atoms with Gasteiger partial charge >= 0.3 is 5.97 Å². The van der Waals surface area contributed by atoms with Gasteiger partial charge in [-0.2, -0.15) is 0 Å². The molecule has 17 heavy (non-hydrogen) atoms. The average molecular weight is 253 g/mol. The maximum Gasteiger partial charge on any atom is 0.336 e. The summed E-state index contributed by atoms with van der Waals surface area (Å²) in [5.41, 5.74) is 0.404. The van der Waals surface area contributed by atoms with Crippen LogP contribution < -0.4 is 5.32 Å². The highest BCUT2D eigenvalue weighted by molar-refractivity contribution is 7.10. The molecule has 1 fully saturated rings. The van der Waals surface area contributed by atoms with Gasteiger partial charge < -0.3 is 10.4 Å². The standard InChI is InChI=1S/C13H19NO2S/c1-9-3-2-4-10(9)6-14-7-12-5-11(8-17-12)13(15)16/h5,8-10,14H,2-4,6-7H2,1H3,(H,15,16). The Labute approximate surface area is 106 Å². The molecule has 0 amide bonds. The van der Waals surface area contributed by atoms with E-state index in [4.69, 9.17) is 5.11 Å². The van der Waals surface area contributed by atoms with Crippen LogP contribution in [0.2, 0.25) is 0 Å². The van der Waals surface area contributed by atoms with E-state index in [9.17, 15) is 4.79 Å². The first-order valence-corrected chi connectivity index (χ1v) is 7.06. The van der Waals surface area contributed by atoms with Gasteiger partial charge in [0.2, 0.25) is 0 Å². The quantitative estimate of drug-likeness (QED) is 0.848. The van der Waals surface area contributed by atoms with Crippen molar-refractivity contribution in [1.29, 1.82) is 0 Å². The summed E-state index contributed by atoms with van der Waals surface area (Å²) in [5, 5.41) is 14.0. The molecule has 2 atom stereocenters. The van der Waals surface area contributed by atoms with Crippen molar-refractivity contribution in [3.8, 4) is 0 Å². The smallest absolute Gasteiger partial charge is 0.336 e. The third-order valence-corrected chi connectivity index (χ3v) is 4.58. The van der Waals surface area contributed by atoms with Gasteiger partial charge in [0, 0.05) is 16.8 Å². The summed E-state index contributed by atoms with van der Waals surface area (Å²) < 4.78 is 0. The molecule has 0 bridgehead atoms. The number of carbonyl (C=O) groups is 1. The molecule has 1 aromatic rings. The first-order valence-electron chi connectivity index (χ1n) is 6.18. The van der Waals surface area contributed by atoms with Crippen LogP contribution in [0.4, 0.5) is 0 Å². The zero-order valence-corrected chi connectivity index (χ0v) is 10.9. The van der Waals surface area contributed by atoms with Crippen LogP contribution in [0.3, 0.4) is 0 Å². The Bertz CT molecular complexity index is 389. The molecule has 0 radical (unpaired) electrons. The van der Waals surface area contributed by atoms with E-state index in [1.807, 2.05) is 0 Å². The second-order valence-electron chi connectivity index (χ2n) is 4.91. The Kier molecular flexibility index (Phi) is 4.18. The fourth-order valence-electron chi connectivity index (χ4n) is 2.49. The van der Waals surface area contributed by atoms with Crippen molar-refractivity contribution in [2.24, 2.45) is 11.8 Å². The van der Waals surface area contributed by atoms with E-state index in [1.165, 1.54) is 30.6 Å². The van der Waals surface area contributed by atoms with Crippen LogP contribution in [0, 0.1) is 11.8 Å². The van der Waals surface area contributed by atoms with Gasteiger partial charge in [-0.15, -0.1) is 11.3 Å². The molecule has 1 aliphatic rings. The first kappa shape index (κ1) is 12.6. The Morgan fingerprint density at radius 3 is 3.00 bits per heavy atom. The van der Waals surface area contributed by atoms with Crippen molar-refractivity contribution in [3.05, 3.63) is 21.9 Å². The number of thiophene rings is 1. The second-order valence-corrected chi connectivity index (χ2v) is 5.90. The van der Waals surface area contributed by atoms with Crippen molar-refractivity contribution < 1.29 is 9.90 Å². The summed E-state index contributed by atoms with van der Waals surface area (Å²) in [6, 6.07) is 1.76. The topological polar surface area (TPSA) is 49.3 Å². The molecular formula is C13H19NO2S. The normalized spacial score (nSPS) is 24.1. The van der Waals surface area contributed by atoms with E-state index in [2.05, 4.69) is 12.2 Å². The lowest BCUT2D eigenvalue weighted by Gasteiger charge is -2.15. The van der Waals surface area contributed by atoms with Crippen LogP contribution in [0.15, 0.2) is 11.4 Å². The highest BCUT2D eigenvalue weighted by Crippen LogP contribution is 2.30. The molecule has 4 heteroatoms.